The molecule has 0 aliphatic heterocycles. The second kappa shape index (κ2) is 3.52. The van der Waals surface area contributed by atoms with Crippen LogP contribution in [0.15, 0.2) is 10.8 Å². The van der Waals surface area contributed by atoms with Crippen LogP contribution in [0, 0.1) is 0 Å². The van der Waals surface area contributed by atoms with Crippen LogP contribution in [0.3, 0.4) is 0 Å². The molecule has 0 radical (unpaired) electrons. The molecular formula is C6H4BrF2N5. The maximum atomic E-state index is 12.1. The summed E-state index contributed by atoms with van der Waals surface area (Å²) in [5, 5.41) is 7.13. The van der Waals surface area contributed by atoms with Gasteiger partial charge in [0.2, 0.25) is 5.65 Å². The number of hydrogen-bond donors (Lipinski definition) is 0. The summed E-state index contributed by atoms with van der Waals surface area (Å²) in [5.74, 6) is 0. The maximum Gasteiger partial charge on any atom is 0.258 e. The van der Waals surface area contributed by atoms with E-state index < -0.39 is 13.0 Å². The third kappa shape index (κ3) is 1.69. The molecule has 0 aliphatic rings. The lowest BCUT2D eigenvalue weighted by Crippen LogP contribution is -2.08. The van der Waals surface area contributed by atoms with Gasteiger partial charge in [0.05, 0.1) is 6.20 Å². The number of nitrogens with zero attached hydrogens (tertiary/aromatic N) is 5. The highest BCUT2D eigenvalue weighted by Crippen LogP contribution is 2.10. The van der Waals surface area contributed by atoms with Crippen LogP contribution in [0.1, 0.15) is 0 Å². The standard InChI is InChI=1S/C6H4BrF2N5/c7-3-1-10-6-5(11-3)12-13-14(6)2-4(8)9/h1,4H,2H2. The number of hydrogen-bond acceptors (Lipinski definition) is 4. The summed E-state index contributed by atoms with van der Waals surface area (Å²) in [6, 6.07) is 0. The largest absolute Gasteiger partial charge is 0.258 e. The van der Waals surface area contributed by atoms with Gasteiger partial charge in [-0.15, -0.1) is 5.10 Å². The predicted molar refractivity (Wildman–Crippen MR) is 46.8 cm³/mol. The Kier molecular flexibility index (Phi) is 2.36. The van der Waals surface area contributed by atoms with Crippen molar-refractivity contribution in [2.45, 2.75) is 13.0 Å². The smallest absolute Gasteiger partial charge is 0.231 e. The van der Waals surface area contributed by atoms with Crippen molar-refractivity contribution in [2.24, 2.45) is 0 Å². The van der Waals surface area contributed by atoms with Crippen molar-refractivity contribution in [1.29, 1.82) is 0 Å². The van der Waals surface area contributed by atoms with E-state index in [0.717, 1.165) is 4.68 Å². The molecule has 0 bridgehead atoms. The SMILES string of the molecule is FC(F)Cn1nnc2nc(Br)cnc21. The minimum absolute atomic E-state index is 0.250. The number of alkyl halides is 2. The monoisotopic (exact) mass is 263 g/mol. The molecule has 0 atom stereocenters. The molecule has 2 aromatic heterocycles. The Morgan fingerprint density at radius 2 is 2.29 bits per heavy atom. The molecule has 5 nitrogen and oxygen atoms in total. The normalized spacial score (nSPS) is 11.4. The van der Waals surface area contributed by atoms with E-state index in [0.29, 0.717) is 4.60 Å². The molecule has 8 heteroatoms. The average Bonchev–Trinajstić information content (AvgIpc) is 2.47. The fraction of sp³-hybridized carbons (Fsp3) is 0.333. The van der Waals surface area contributed by atoms with Crippen molar-refractivity contribution in [3.05, 3.63) is 10.8 Å². The van der Waals surface area contributed by atoms with Crippen molar-refractivity contribution in [3.8, 4) is 0 Å². The van der Waals surface area contributed by atoms with Gasteiger partial charge < -0.3 is 0 Å². The number of fused-ring (bicyclic) bond motifs is 1. The molecule has 0 fully saturated rings. The van der Waals surface area contributed by atoms with Gasteiger partial charge in [0.25, 0.3) is 6.43 Å². The van der Waals surface area contributed by atoms with Gasteiger partial charge in [-0.2, -0.15) is 0 Å². The molecular weight excluding hydrogens is 260 g/mol. The molecule has 2 heterocycles. The fourth-order valence-electron chi connectivity index (χ4n) is 0.994. The van der Waals surface area contributed by atoms with Crippen LogP contribution in [0.25, 0.3) is 11.3 Å². The molecule has 2 rings (SSSR count). The molecule has 0 saturated carbocycles. The van der Waals surface area contributed by atoms with Crippen LogP contribution in [0.4, 0.5) is 8.78 Å². The van der Waals surface area contributed by atoms with Crippen molar-refractivity contribution in [3.63, 3.8) is 0 Å². The first-order valence-electron chi connectivity index (χ1n) is 3.66. The zero-order valence-electron chi connectivity index (χ0n) is 6.73. The molecule has 0 saturated heterocycles. The maximum absolute atomic E-state index is 12.1. The highest BCUT2D eigenvalue weighted by atomic mass is 79.9. The molecule has 0 N–H and O–H groups in total. The van der Waals surface area contributed by atoms with Crippen molar-refractivity contribution >= 4 is 27.2 Å². The molecule has 0 unspecified atom stereocenters. The van der Waals surface area contributed by atoms with E-state index in [-0.39, 0.29) is 11.3 Å². The molecule has 0 spiro atoms. The highest BCUT2D eigenvalue weighted by molar-refractivity contribution is 9.10. The van der Waals surface area contributed by atoms with Crippen molar-refractivity contribution in [2.75, 3.05) is 0 Å². The van der Waals surface area contributed by atoms with Crippen LogP contribution in [-0.2, 0) is 6.54 Å². The van der Waals surface area contributed by atoms with Gasteiger partial charge in [-0.25, -0.2) is 23.4 Å². The molecule has 74 valence electrons. The Labute approximate surface area is 85.3 Å². The van der Waals surface area contributed by atoms with Gasteiger partial charge in [-0.05, 0) is 15.9 Å². The van der Waals surface area contributed by atoms with Gasteiger partial charge >= 0.3 is 0 Å². The summed E-state index contributed by atoms with van der Waals surface area (Å²) >= 11 is 3.09. The van der Waals surface area contributed by atoms with E-state index in [1.165, 1.54) is 6.20 Å². The second-order valence-corrected chi connectivity index (χ2v) is 3.32. The van der Waals surface area contributed by atoms with Gasteiger partial charge in [-0.3, -0.25) is 0 Å². The summed E-state index contributed by atoms with van der Waals surface area (Å²) in [7, 11) is 0. The van der Waals surface area contributed by atoms with E-state index in [9.17, 15) is 8.78 Å². The number of halogens is 3. The highest BCUT2D eigenvalue weighted by Gasteiger charge is 2.11. The summed E-state index contributed by atoms with van der Waals surface area (Å²) in [4.78, 5) is 7.81. The molecule has 0 amide bonds. The second-order valence-electron chi connectivity index (χ2n) is 2.50. The van der Waals surface area contributed by atoms with Gasteiger partial charge in [0, 0.05) is 0 Å². The zero-order chi connectivity index (χ0) is 10.1. The topological polar surface area (TPSA) is 56.5 Å². The molecule has 0 aromatic carbocycles. The first-order chi connectivity index (χ1) is 6.66. The lowest BCUT2D eigenvalue weighted by atomic mass is 10.6. The fourth-order valence-corrected chi connectivity index (χ4v) is 1.26. The number of aromatic nitrogens is 5. The Morgan fingerprint density at radius 1 is 1.50 bits per heavy atom. The Hall–Kier alpha value is -1.18. The van der Waals surface area contributed by atoms with Gasteiger partial charge in [-0.1, -0.05) is 5.21 Å². The molecule has 2 aromatic rings. The summed E-state index contributed by atoms with van der Waals surface area (Å²) in [6.07, 6.45) is -1.07. The summed E-state index contributed by atoms with van der Waals surface area (Å²) in [5.41, 5.74) is 0.508. The summed E-state index contributed by atoms with van der Waals surface area (Å²) in [6.45, 7) is -0.521. The van der Waals surface area contributed by atoms with E-state index >= 15 is 0 Å². The number of rotatable bonds is 2. The Morgan fingerprint density at radius 3 is 3.00 bits per heavy atom. The lowest BCUT2D eigenvalue weighted by Gasteiger charge is -1.98. The predicted octanol–water partition coefficient (Wildman–Crippen LogP) is 1.25. The van der Waals surface area contributed by atoms with Crippen LogP contribution in [0.5, 0.6) is 0 Å². The Balaban J connectivity index is 2.47. The van der Waals surface area contributed by atoms with Crippen molar-refractivity contribution < 1.29 is 8.78 Å². The lowest BCUT2D eigenvalue weighted by molar-refractivity contribution is 0.122. The van der Waals surface area contributed by atoms with Gasteiger partial charge in [0.1, 0.15) is 11.1 Å². The van der Waals surface area contributed by atoms with Crippen LogP contribution in [-0.4, -0.2) is 31.4 Å². The third-order valence-corrected chi connectivity index (χ3v) is 1.89. The Bertz CT molecular complexity index is 456. The first kappa shape index (κ1) is 9.38. The minimum atomic E-state index is -2.48. The molecule has 0 aliphatic carbocycles. The van der Waals surface area contributed by atoms with E-state index in [4.69, 9.17) is 0 Å². The van der Waals surface area contributed by atoms with Gasteiger partial charge in [0.15, 0.2) is 5.65 Å². The summed E-state index contributed by atoms with van der Waals surface area (Å²) < 4.78 is 25.6. The quantitative estimate of drug-likeness (QED) is 0.819. The first-order valence-corrected chi connectivity index (χ1v) is 4.46. The van der Waals surface area contributed by atoms with Crippen LogP contribution < -0.4 is 0 Å². The van der Waals surface area contributed by atoms with Crippen molar-refractivity contribution in [1.82, 2.24) is 25.0 Å². The minimum Gasteiger partial charge on any atom is -0.231 e. The zero-order valence-corrected chi connectivity index (χ0v) is 8.32. The van der Waals surface area contributed by atoms with E-state index in [1.54, 1.807) is 0 Å². The average molecular weight is 264 g/mol. The molecule has 14 heavy (non-hydrogen) atoms. The van der Waals surface area contributed by atoms with E-state index in [1.807, 2.05) is 0 Å². The third-order valence-electron chi connectivity index (χ3n) is 1.51. The van der Waals surface area contributed by atoms with Crippen LogP contribution in [0.2, 0.25) is 0 Å². The van der Waals surface area contributed by atoms with Crippen LogP contribution >= 0.6 is 15.9 Å². The van der Waals surface area contributed by atoms with E-state index in [2.05, 4.69) is 36.2 Å².